The fraction of sp³-hybridized carbons (Fsp3) is 0.400. The van der Waals surface area contributed by atoms with Crippen molar-refractivity contribution in [3.8, 4) is 11.4 Å². The molecule has 1 aliphatic heterocycles. The Bertz CT molecular complexity index is 547. The minimum Gasteiger partial charge on any atom is -0.316 e. The third-order valence-electron chi connectivity index (χ3n) is 3.46. The molecular formula is C15H18N4. The van der Waals surface area contributed by atoms with E-state index in [1.54, 1.807) is 6.20 Å². The van der Waals surface area contributed by atoms with Crippen LogP contribution in [-0.2, 0) is 6.42 Å². The Hall–Kier alpha value is -1.81. The molecule has 1 saturated heterocycles. The summed E-state index contributed by atoms with van der Waals surface area (Å²) in [5.74, 6) is 1.60. The van der Waals surface area contributed by atoms with Crippen LogP contribution in [0.4, 0.5) is 0 Å². The molecule has 3 heterocycles. The minimum absolute atomic E-state index is 0.665. The van der Waals surface area contributed by atoms with Gasteiger partial charge in [0.25, 0.3) is 0 Å². The molecule has 0 spiro atoms. The molecule has 0 saturated carbocycles. The second-order valence-corrected chi connectivity index (χ2v) is 5.09. The van der Waals surface area contributed by atoms with Crippen LogP contribution in [0.15, 0.2) is 30.5 Å². The minimum atomic E-state index is 0.665. The lowest BCUT2D eigenvalue weighted by Crippen LogP contribution is -2.12. The highest BCUT2D eigenvalue weighted by molar-refractivity contribution is 5.53. The van der Waals surface area contributed by atoms with Gasteiger partial charge in [-0.15, -0.1) is 0 Å². The second kappa shape index (κ2) is 5.45. The number of nitrogens with one attached hydrogen (secondary N) is 1. The van der Waals surface area contributed by atoms with Gasteiger partial charge in [-0.2, -0.15) is 0 Å². The molecule has 2 aromatic heterocycles. The van der Waals surface area contributed by atoms with Crippen LogP contribution < -0.4 is 5.32 Å². The molecule has 1 atom stereocenters. The Morgan fingerprint density at radius 1 is 1.26 bits per heavy atom. The van der Waals surface area contributed by atoms with Crippen molar-refractivity contribution >= 4 is 0 Å². The molecule has 0 aliphatic carbocycles. The van der Waals surface area contributed by atoms with E-state index in [1.807, 2.05) is 31.2 Å². The Kier molecular flexibility index (Phi) is 3.51. The molecule has 98 valence electrons. The van der Waals surface area contributed by atoms with Crippen molar-refractivity contribution in [1.82, 2.24) is 20.3 Å². The number of rotatable bonds is 3. The summed E-state index contributed by atoms with van der Waals surface area (Å²) < 4.78 is 0. The Balaban J connectivity index is 1.87. The summed E-state index contributed by atoms with van der Waals surface area (Å²) in [6.07, 6.45) is 3.97. The number of aromatic nitrogens is 3. The molecule has 1 N–H and O–H groups in total. The van der Waals surface area contributed by atoms with Crippen molar-refractivity contribution in [2.45, 2.75) is 19.8 Å². The molecule has 1 unspecified atom stereocenters. The molecule has 0 aromatic carbocycles. The van der Waals surface area contributed by atoms with Crippen LogP contribution in [0, 0.1) is 12.8 Å². The van der Waals surface area contributed by atoms with Crippen LogP contribution in [0.3, 0.4) is 0 Å². The van der Waals surface area contributed by atoms with E-state index in [9.17, 15) is 0 Å². The van der Waals surface area contributed by atoms with E-state index in [2.05, 4.69) is 20.3 Å². The average molecular weight is 254 g/mol. The summed E-state index contributed by atoms with van der Waals surface area (Å²) >= 11 is 0. The van der Waals surface area contributed by atoms with Crippen molar-refractivity contribution in [3.05, 3.63) is 42.0 Å². The van der Waals surface area contributed by atoms with Gasteiger partial charge in [0, 0.05) is 18.3 Å². The zero-order valence-electron chi connectivity index (χ0n) is 11.1. The third kappa shape index (κ3) is 2.96. The van der Waals surface area contributed by atoms with Gasteiger partial charge in [0.2, 0.25) is 0 Å². The fourth-order valence-corrected chi connectivity index (χ4v) is 2.51. The number of hydrogen-bond donors (Lipinski definition) is 1. The number of pyridine rings is 1. The average Bonchev–Trinajstić information content (AvgIpc) is 2.92. The highest BCUT2D eigenvalue weighted by Gasteiger charge is 2.17. The summed E-state index contributed by atoms with van der Waals surface area (Å²) in [7, 11) is 0. The smallest absolute Gasteiger partial charge is 0.129 e. The summed E-state index contributed by atoms with van der Waals surface area (Å²) in [5, 5.41) is 3.39. The Labute approximate surface area is 113 Å². The van der Waals surface area contributed by atoms with Crippen LogP contribution in [0.1, 0.15) is 17.9 Å². The number of nitrogens with zero attached hydrogens (tertiary/aromatic N) is 3. The highest BCUT2D eigenvalue weighted by Crippen LogP contribution is 2.18. The third-order valence-corrected chi connectivity index (χ3v) is 3.46. The monoisotopic (exact) mass is 254 g/mol. The molecule has 4 nitrogen and oxygen atoms in total. The maximum Gasteiger partial charge on any atom is 0.129 e. The van der Waals surface area contributed by atoms with E-state index in [-0.39, 0.29) is 0 Å². The molecule has 0 amide bonds. The van der Waals surface area contributed by atoms with Crippen molar-refractivity contribution in [2.24, 2.45) is 5.92 Å². The number of hydrogen-bond acceptors (Lipinski definition) is 4. The summed E-state index contributed by atoms with van der Waals surface area (Å²) in [6, 6.07) is 7.89. The van der Waals surface area contributed by atoms with Crippen LogP contribution in [0.25, 0.3) is 11.4 Å². The molecule has 1 aliphatic rings. The zero-order valence-corrected chi connectivity index (χ0v) is 11.1. The quantitative estimate of drug-likeness (QED) is 0.910. The topological polar surface area (TPSA) is 50.7 Å². The van der Waals surface area contributed by atoms with E-state index >= 15 is 0 Å². The molecule has 2 aromatic rings. The maximum absolute atomic E-state index is 4.67. The first kappa shape index (κ1) is 12.2. The van der Waals surface area contributed by atoms with Crippen molar-refractivity contribution in [2.75, 3.05) is 13.1 Å². The van der Waals surface area contributed by atoms with E-state index in [4.69, 9.17) is 0 Å². The van der Waals surface area contributed by atoms with Gasteiger partial charge < -0.3 is 5.32 Å². The standard InChI is InChI=1S/C15H18N4/c1-11-8-14(13-4-2-3-6-17-13)19-15(18-11)9-12-5-7-16-10-12/h2-4,6,8,12,16H,5,7,9-10H2,1H3. The zero-order chi connectivity index (χ0) is 13.1. The van der Waals surface area contributed by atoms with E-state index < -0.39 is 0 Å². The Morgan fingerprint density at radius 2 is 2.21 bits per heavy atom. The molecular weight excluding hydrogens is 236 g/mol. The molecule has 1 fully saturated rings. The van der Waals surface area contributed by atoms with Gasteiger partial charge in [-0.25, -0.2) is 9.97 Å². The van der Waals surface area contributed by atoms with Gasteiger partial charge in [-0.1, -0.05) is 6.07 Å². The number of aryl methyl sites for hydroxylation is 1. The lowest BCUT2D eigenvalue weighted by atomic mass is 10.0. The van der Waals surface area contributed by atoms with E-state index in [1.165, 1.54) is 6.42 Å². The van der Waals surface area contributed by atoms with Crippen molar-refractivity contribution in [3.63, 3.8) is 0 Å². The molecule has 3 rings (SSSR count). The lowest BCUT2D eigenvalue weighted by molar-refractivity contribution is 0.560. The SMILES string of the molecule is Cc1cc(-c2ccccn2)nc(CC2CCNC2)n1. The van der Waals surface area contributed by atoms with Crippen LogP contribution in [0.5, 0.6) is 0 Å². The largest absolute Gasteiger partial charge is 0.316 e. The van der Waals surface area contributed by atoms with Crippen LogP contribution in [-0.4, -0.2) is 28.0 Å². The van der Waals surface area contributed by atoms with Gasteiger partial charge in [-0.3, -0.25) is 4.98 Å². The fourth-order valence-electron chi connectivity index (χ4n) is 2.51. The molecule has 4 heteroatoms. The normalized spacial score (nSPS) is 18.7. The lowest BCUT2D eigenvalue weighted by Gasteiger charge is -2.09. The van der Waals surface area contributed by atoms with E-state index in [0.29, 0.717) is 5.92 Å². The first-order valence-corrected chi connectivity index (χ1v) is 6.78. The van der Waals surface area contributed by atoms with Gasteiger partial charge in [0.15, 0.2) is 0 Å². The van der Waals surface area contributed by atoms with Gasteiger partial charge >= 0.3 is 0 Å². The van der Waals surface area contributed by atoms with Crippen molar-refractivity contribution in [1.29, 1.82) is 0 Å². The molecule has 0 radical (unpaired) electrons. The predicted molar refractivity (Wildman–Crippen MR) is 74.7 cm³/mol. The van der Waals surface area contributed by atoms with Gasteiger partial charge in [0.05, 0.1) is 11.4 Å². The second-order valence-electron chi connectivity index (χ2n) is 5.09. The van der Waals surface area contributed by atoms with Crippen molar-refractivity contribution < 1.29 is 0 Å². The van der Waals surface area contributed by atoms with E-state index in [0.717, 1.165) is 42.4 Å². The van der Waals surface area contributed by atoms with Gasteiger partial charge in [-0.05, 0) is 50.6 Å². The summed E-state index contributed by atoms with van der Waals surface area (Å²) in [6.45, 7) is 4.21. The van der Waals surface area contributed by atoms with Crippen LogP contribution >= 0.6 is 0 Å². The first-order valence-electron chi connectivity index (χ1n) is 6.78. The first-order chi connectivity index (χ1) is 9.31. The summed E-state index contributed by atoms with van der Waals surface area (Å²) in [5.41, 5.74) is 2.85. The molecule has 19 heavy (non-hydrogen) atoms. The molecule has 0 bridgehead atoms. The van der Waals surface area contributed by atoms with Crippen LogP contribution in [0.2, 0.25) is 0 Å². The van der Waals surface area contributed by atoms with Gasteiger partial charge in [0.1, 0.15) is 5.82 Å². The summed E-state index contributed by atoms with van der Waals surface area (Å²) in [4.78, 5) is 13.6. The predicted octanol–water partition coefficient (Wildman–Crippen LogP) is 2.00. The maximum atomic E-state index is 4.67. The Morgan fingerprint density at radius 3 is 2.95 bits per heavy atom. The highest BCUT2D eigenvalue weighted by atomic mass is 14.9.